The molecule has 0 saturated carbocycles. The molecule has 7 nitrogen and oxygen atoms in total. The maximum Gasteiger partial charge on any atom is 0.279 e. The molecule has 2 heterocycles. The van der Waals surface area contributed by atoms with Crippen LogP contribution >= 0.6 is 11.3 Å². The van der Waals surface area contributed by atoms with Crippen LogP contribution in [0.2, 0.25) is 0 Å². The highest BCUT2D eigenvalue weighted by molar-refractivity contribution is 7.12. The first-order chi connectivity index (χ1) is 10.1. The maximum atomic E-state index is 11.7. The third-order valence-corrected chi connectivity index (χ3v) is 3.86. The van der Waals surface area contributed by atoms with Crippen molar-refractivity contribution in [1.29, 1.82) is 0 Å². The number of ether oxygens (including phenoxy) is 1. The first-order valence-corrected chi connectivity index (χ1v) is 7.66. The Morgan fingerprint density at radius 2 is 2.38 bits per heavy atom. The lowest BCUT2D eigenvalue weighted by atomic mass is 10.3. The molecule has 21 heavy (non-hydrogen) atoms. The van der Waals surface area contributed by atoms with E-state index in [1.165, 1.54) is 11.3 Å². The van der Waals surface area contributed by atoms with Crippen LogP contribution in [0.5, 0.6) is 0 Å². The van der Waals surface area contributed by atoms with Crippen molar-refractivity contribution in [3.63, 3.8) is 0 Å². The number of thiophene rings is 1. The molecule has 0 aliphatic carbocycles. The van der Waals surface area contributed by atoms with Crippen molar-refractivity contribution in [2.45, 2.75) is 6.10 Å². The van der Waals surface area contributed by atoms with Crippen LogP contribution in [0, 0.1) is 0 Å². The summed E-state index contributed by atoms with van der Waals surface area (Å²) in [5.74, 6) is -0.563. The van der Waals surface area contributed by atoms with Crippen molar-refractivity contribution < 1.29 is 14.3 Å². The first kappa shape index (κ1) is 15.9. The summed E-state index contributed by atoms with van der Waals surface area (Å²) < 4.78 is 5.57. The van der Waals surface area contributed by atoms with Crippen LogP contribution in [-0.4, -0.2) is 62.7 Å². The van der Waals surface area contributed by atoms with Crippen LogP contribution in [0.3, 0.4) is 0 Å². The lowest BCUT2D eigenvalue weighted by Gasteiger charge is -2.27. The van der Waals surface area contributed by atoms with Gasteiger partial charge in [-0.3, -0.25) is 25.3 Å². The fraction of sp³-hybridized carbons (Fsp3) is 0.538. The normalized spacial score (nSPS) is 18.5. The Morgan fingerprint density at radius 1 is 1.52 bits per heavy atom. The topological polar surface area (TPSA) is 82.7 Å². The van der Waals surface area contributed by atoms with E-state index in [1.807, 2.05) is 17.3 Å². The summed E-state index contributed by atoms with van der Waals surface area (Å²) in [6.07, 6.45) is 0.0947. The van der Waals surface area contributed by atoms with Gasteiger partial charge >= 0.3 is 0 Å². The standard InChI is InChI=1S/C13H20N4O3S/c1-17(8-10-7-14-4-5-20-10)9-12(18)15-16-13(19)11-3-2-6-21-11/h2-3,6,10,14H,4-5,7-9H2,1H3,(H,15,18)(H,16,19). The van der Waals surface area contributed by atoms with Crippen molar-refractivity contribution in [1.82, 2.24) is 21.1 Å². The van der Waals surface area contributed by atoms with E-state index in [2.05, 4.69) is 16.2 Å². The van der Waals surface area contributed by atoms with Gasteiger partial charge in [0.25, 0.3) is 11.8 Å². The molecule has 2 amide bonds. The Balaban J connectivity index is 1.65. The molecule has 3 N–H and O–H groups in total. The number of hydrazine groups is 1. The van der Waals surface area contributed by atoms with Gasteiger partial charge in [0.1, 0.15) is 0 Å². The zero-order chi connectivity index (χ0) is 15.1. The average molecular weight is 312 g/mol. The molecule has 0 aromatic carbocycles. The smallest absolute Gasteiger partial charge is 0.279 e. The van der Waals surface area contributed by atoms with E-state index in [4.69, 9.17) is 4.74 Å². The zero-order valence-electron chi connectivity index (χ0n) is 11.9. The molecule has 1 atom stereocenters. The predicted molar refractivity (Wildman–Crippen MR) is 80.0 cm³/mol. The fourth-order valence-corrected chi connectivity index (χ4v) is 2.65. The minimum absolute atomic E-state index is 0.0947. The van der Waals surface area contributed by atoms with Crippen molar-refractivity contribution in [2.24, 2.45) is 0 Å². The van der Waals surface area contributed by atoms with Crippen LogP contribution in [0.1, 0.15) is 9.67 Å². The van der Waals surface area contributed by atoms with Crippen LogP contribution in [-0.2, 0) is 9.53 Å². The number of hydrogen-bond donors (Lipinski definition) is 3. The highest BCUT2D eigenvalue weighted by Gasteiger charge is 2.17. The van der Waals surface area contributed by atoms with Crippen LogP contribution in [0.4, 0.5) is 0 Å². The van der Waals surface area contributed by atoms with E-state index < -0.39 is 0 Å². The minimum atomic E-state index is -0.305. The van der Waals surface area contributed by atoms with Crippen LogP contribution < -0.4 is 16.2 Å². The van der Waals surface area contributed by atoms with Crippen molar-refractivity contribution in [3.8, 4) is 0 Å². The van der Waals surface area contributed by atoms with Crippen molar-refractivity contribution >= 4 is 23.2 Å². The van der Waals surface area contributed by atoms with E-state index in [0.717, 1.165) is 13.1 Å². The van der Waals surface area contributed by atoms with Gasteiger partial charge in [-0.15, -0.1) is 11.3 Å². The van der Waals surface area contributed by atoms with E-state index in [9.17, 15) is 9.59 Å². The summed E-state index contributed by atoms with van der Waals surface area (Å²) in [5.41, 5.74) is 4.80. The number of carbonyl (C=O) groups is 2. The molecule has 1 saturated heterocycles. The molecular weight excluding hydrogens is 292 g/mol. The van der Waals surface area contributed by atoms with Gasteiger partial charge in [-0.1, -0.05) is 6.07 Å². The molecule has 1 aliphatic heterocycles. The summed E-state index contributed by atoms with van der Waals surface area (Å²) in [4.78, 5) is 25.8. The Morgan fingerprint density at radius 3 is 3.05 bits per heavy atom. The van der Waals surface area contributed by atoms with E-state index in [1.54, 1.807) is 12.1 Å². The SMILES string of the molecule is CN(CC(=O)NNC(=O)c1cccs1)CC1CNCCO1. The maximum absolute atomic E-state index is 11.7. The Kier molecular flexibility index (Phi) is 6.12. The second-order valence-electron chi connectivity index (χ2n) is 4.87. The molecule has 2 rings (SSSR count). The quantitative estimate of drug-likeness (QED) is 0.634. The molecular formula is C13H20N4O3S. The van der Waals surface area contributed by atoms with Crippen LogP contribution in [0.15, 0.2) is 17.5 Å². The number of nitrogens with one attached hydrogen (secondary N) is 3. The molecule has 8 heteroatoms. The zero-order valence-corrected chi connectivity index (χ0v) is 12.7. The molecule has 1 aliphatic rings. The van der Waals surface area contributed by atoms with Gasteiger partial charge in [0, 0.05) is 19.6 Å². The van der Waals surface area contributed by atoms with Gasteiger partial charge < -0.3 is 10.1 Å². The Labute approximate surface area is 127 Å². The minimum Gasteiger partial charge on any atom is -0.374 e. The van der Waals surface area contributed by atoms with E-state index in [0.29, 0.717) is 18.0 Å². The van der Waals surface area contributed by atoms with Gasteiger partial charge in [0.05, 0.1) is 24.1 Å². The van der Waals surface area contributed by atoms with Gasteiger partial charge in [-0.25, -0.2) is 0 Å². The molecule has 1 aromatic heterocycles. The second-order valence-corrected chi connectivity index (χ2v) is 5.82. The number of carbonyl (C=O) groups excluding carboxylic acids is 2. The number of hydrogen-bond acceptors (Lipinski definition) is 6. The fourth-order valence-electron chi connectivity index (χ4n) is 2.03. The highest BCUT2D eigenvalue weighted by atomic mass is 32.1. The number of rotatable bonds is 5. The van der Waals surface area contributed by atoms with Crippen LogP contribution in [0.25, 0.3) is 0 Å². The molecule has 1 fully saturated rings. The van der Waals surface area contributed by atoms with Crippen molar-refractivity contribution in [3.05, 3.63) is 22.4 Å². The summed E-state index contributed by atoms with van der Waals surface area (Å²) >= 11 is 1.32. The molecule has 0 radical (unpaired) electrons. The molecule has 1 aromatic rings. The average Bonchev–Trinajstić information content (AvgIpc) is 3.00. The number of nitrogens with zero attached hydrogens (tertiary/aromatic N) is 1. The largest absolute Gasteiger partial charge is 0.374 e. The number of likely N-dealkylation sites (N-methyl/N-ethyl adjacent to an activating group) is 1. The molecule has 1 unspecified atom stereocenters. The number of morpholine rings is 1. The van der Waals surface area contributed by atoms with E-state index >= 15 is 0 Å². The Hall–Kier alpha value is -1.48. The van der Waals surface area contributed by atoms with E-state index in [-0.39, 0.29) is 24.5 Å². The van der Waals surface area contributed by atoms with Gasteiger partial charge in [0.2, 0.25) is 0 Å². The summed E-state index contributed by atoms with van der Waals surface area (Å²) in [7, 11) is 1.85. The number of amides is 2. The highest BCUT2D eigenvalue weighted by Crippen LogP contribution is 2.07. The molecule has 0 spiro atoms. The lowest BCUT2D eigenvalue weighted by Crippen LogP contribution is -2.49. The third kappa shape index (κ3) is 5.43. The summed E-state index contributed by atoms with van der Waals surface area (Å²) in [5, 5.41) is 5.05. The van der Waals surface area contributed by atoms with Crippen molar-refractivity contribution in [2.75, 3.05) is 39.8 Å². The molecule has 0 bridgehead atoms. The third-order valence-electron chi connectivity index (χ3n) is 2.99. The van der Waals surface area contributed by atoms with Gasteiger partial charge in [0.15, 0.2) is 0 Å². The Bertz CT molecular complexity index is 460. The van der Waals surface area contributed by atoms with Gasteiger partial charge in [-0.05, 0) is 18.5 Å². The monoisotopic (exact) mass is 312 g/mol. The lowest BCUT2D eigenvalue weighted by molar-refractivity contribution is -0.123. The summed E-state index contributed by atoms with van der Waals surface area (Å²) in [6, 6.07) is 3.49. The van der Waals surface area contributed by atoms with Gasteiger partial charge in [-0.2, -0.15) is 0 Å². The first-order valence-electron chi connectivity index (χ1n) is 6.78. The second kappa shape index (κ2) is 8.08. The predicted octanol–water partition coefficient (Wildman–Crippen LogP) is -0.571. The summed E-state index contributed by atoms with van der Waals surface area (Å²) in [6.45, 7) is 3.22. The molecule has 116 valence electrons.